The Labute approximate surface area is 134 Å². The molecule has 1 aliphatic carbocycles. The number of benzene rings is 1. The average molecular weight is 300 g/mol. The summed E-state index contributed by atoms with van der Waals surface area (Å²) in [5, 5.41) is 3.17. The zero-order chi connectivity index (χ0) is 15.2. The van der Waals surface area contributed by atoms with Gasteiger partial charge in [0.25, 0.3) is 0 Å². The molecular weight excluding hydrogens is 272 g/mol. The Morgan fingerprint density at radius 2 is 1.95 bits per heavy atom. The Morgan fingerprint density at radius 1 is 1.14 bits per heavy atom. The van der Waals surface area contributed by atoms with Crippen LogP contribution in [0.15, 0.2) is 24.3 Å². The van der Waals surface area contributed by atoms with Crippen LogP contribution in [0.1, 0.15) is 55.6 Å². The fourth-order valence-electron chi connectivity index (χ4n) is 3.85. The molecule has 1 aromatic carbocycles. The van der Waals surface area contributed by atoms with Crippen molar-refractivity contribution in [2.45, 2.75) is 50.9 Å². The molecule has 0 bridgehead atoms. The Balaban J connectivity index is 1.44. The number of carbonyl (C=O) groups excluding carboxylic acids is 1. The molecule has 1 aromatic rings. The number of nitrogens with one attached hydrogen (secondary N) is 1. The summed E-state index contributed by atoms with van der Waals surface area (Å²) in [6.07, 6.45) is 8.37. The predicted molar refractivity (Wildman–Crippen MR) is 90.0 cm³/mol. The first-order chi connectivity index (χ1) is 10.8. The van der Waals surface area contributed by atoms with Crippen LogP contribution in [0.25, 0.3) is 0 Å². The van der Waals surface area contributed by atoms with Gasteiger partial charge in [0.1, 0.15) is 0 Å². The van der Waals surface area contributed by atoms with Crippen LogP contribution in [0, 0.1) is 0 Å². The number of likely N-dealkylation sites (tertiary alicyclic amines) is 1. The maximum absolute atomic E-state index is 12.5. The molecule has 3 rings (SSSR count). The normalized spacial score (nSPS) is 22.1. The Kier molecular flexibility index (Phi) is 5.49. The number of nitrogens with zero attached hydrogens (tertiary/aromatic N) is 1. The smallest absolute Gasteiger partial charge is 0.227 e. The first kappa shape index (κ1) is 15.5. The molecule has 22 heavy (non-hydrogen) atoms. The van der Waals surface area contributed by atoms with E-state index >= 15 is 0 Å². The second kappa shape index (κ2) is 7.77. The van der Waals surface area contributed by atoms with Gasteiger partial charge in [0.05, 0.1) is 5.92 Å². The fraction of sp³-hybridized carbons (Fsp3) is 0.632. The highest BCUT2D eigenvalue weighted by atomic mass is 16.1. The number of fused-ring (bicyclic) bond motifs is 1. The Bertz CT molecular complexity index is 494. The topological polar surface area (TPSA) is 32.3 Å². The molecule has 1 heterocycles. The number of hydrogen-bond acceptors (Lipinski definition) is 2. The van der Waals surface area contributed by atoms with E-state index < -0.39 is 0 Å². The minimum atomic E-state index is 0.0694. The van der Waals surface area contributed by atoms with Crippen LogP contribution in [0.4, 0.5) is 0 Å². The van der Waals surface area contributed by atoms with E-state index in [1.165, 1.54) is 43.5 Å². The van der Waals surface area contributed by atoms with Gasteiger partial charge in [-0.3, -0.25) is 4.79 Å². The highest BCUT2D eigenvalue weighted by molar-refractivity contribution is 5.84. The van der Waals surface area contributed by atoms with E-state index in [1.807, 2.05) is 0 Å². The van der Waals surface area contributed by atoms with Crippen LogP contribution in [0.3, 0.4) is 0 Å². The zero-order valence-electron chi connectivity index (χ0n) is 13.5. The molecule has 1 unspecified atom stereocenters. The molecule has 120 valence electrons. The lowest BCUT2D eigenvalue weighted by atomic mass is 9.82. The summed E-state index contributed by atoms with van der Waals surface area (Å²) in [5.41, 5.74) is 2.62. The van der Waals surface area contributed by atoms with Gasteiger partial charge in [0.15, 0.2) is 0 Å². The maximum atomic E-state index is 12.5. The number of rotatable bonds is 5. The molecule has 3 heteroatoms. The van der Waals surface area contributed by atoms with Crippen molar-refractivity contribution >= 4 is 5.91 Å². The van der Waals surface area contributed by atoms with Gasteiger partial charge in [-0.2, -0.15) is 0 Å². The van der Waals surface area contributed by atoms with Crippen molar-refractivity contribution in [3.63, 3.8) is 0 Å². The van der Waals surface area contributed by atoms with Crippen LogP contribution in [-0.2, 0) is 11.2 Å². The lowest BCUT2D eigenvalue weighted by Gasteiger charge is -2.27. The minimum absolute atomic E-state index is 0.0694. The van der Waals surface area contributed by atoms with Gasteiger partial charge in [0.2, 0.25) is 5.91 Å². The molecule has 0 saturated carbocycles. The van der Waals surface area contributed by atoms with Gasteiger partial charge in [-0.1, -0.05) is 30.7 Å². The number of carbonyl (C=O) groups is 1. The van der Waals surface area contributed by atoms with Gasteiger partial charge in [-0.15, -0.1) is 0 Å². The van der Waals surface area contributed by atoms with E-state index in [4.69, 9.17) is 0 Å². The van der Waals surface area contributed by atoms with Crippen molar-refractivity contribution < 1.29 is 4.79 Å². The number of piperidine rings is 1. The molecule has 0 radical (unpaired) electrons. The van der Waals surface area contributed by atoms with Gasteiger partial charge < -0.3 is 10.2 Å². The number of amides is 1. The van der Waals surface area contributed by atoms with Gasteiger partial charge in [0, 0.05) is 6.54 Å². The summed E-state index contributed by atoms with van der Waals surface area (Å²) in [4.78, 5) is 15.0. The average Bonchev–Trinajstić information content (AvgIpc) is 2.59. The third-order valence-corrected chi connectivity index (χ3v) is 5.08. The molecule has 1 fully saturated rings. The largest absolute Gasteiger partial charge is 0.356 e. The van der Waals surface area contributed by atoms with Crippen molar-refractivity contribution in [2.24, 2.45) is 0 Å². The fourth-order valence-corrected chi connectivity index (χ4v) is 3.85. The second-order valence-electron chi connectivity index (χ2n) is 6.69. The van der Waals surface area contributed by atoms with Crippen LogP contribution in [-0.4, -0.2) is 37.0 Å². The monoisotopic (exact) mass is 300 g/mol. The maximum Gasteiger partial charge on any atom is 0.227 e. The number of aryl methyl sites for hydroxylation is 1. The molecule has 1 N–H and O–H groups in total. The molecule has 1 saturated heterocycles. The summed E-state index contributed by atoms with van der Waals surface area (Å²) in [6, 6.07) is 8.44. The first-order valence-electron chi connectivity index (χ1n) is 8.92. The Morgan fingerprint density at radius 3 is 2.82 bits per heavy atom. The van der Waals surface area contributed by atoms with E-state index in [2.05, 4.69) is 34.5 Å². The highest BCUT2D eigenvalue weighted by Gasteiger charge is 2.25. The van der Waals surface area contributed by atoms with E-state index in [-0.39, 0.29) is 11.8 Å². The van der Waals surface area contributed by atoms with E-state index in [0.717, 1.165) is 38.8 Å². The predicted octanol–water partition coefficient (Wildman–Crippen LogP) is 3.10. The number of hydrogen-bond donors (Lipinski definition) is 1. The van der Waals surface area contributed by atoms with Crippen LogP contribution in [0.2, 0.25) is 0 Å². The first-order valence-corrected chi connectivity index (χ1v) is 8.92. The molecule has 0 aromatic heterocycles. The molecule has 1 aliphatic heterocycles. The molecule has 1 amide bonds. The minimum Gasteiger partial charge on any atom is -0.356 e. The van der Waals surface area contributed by atoms with Crippen LogP contribution >= 0.6 is 0 Å². The summed E-state index contributed by atoms with van der Waals surface area (Å²) in [5.74, 6) is 0.297. The van der Waals surface area contributed by atoms with E-state index in [0.29, 0.717) is 0 Å². The van der Waals surface area contributed by atoms with Crippen molar-refractivity contribution in [1.29, 1.82) is 0 Å². The summed E-state index contributed by atoms with van der Waals surface area (Å²) in [6.45, 7) is 4.42. The standard InChI is InChI=1S/C19H28N2O/c22-19(20-12-7-15-21-13-4-1-5-14-21)18-11-6-9-16-8-2-3-10-17(16)18/h2-3,8,10,18H,1,4-7,9,11-15H2,(H,20,22). The lowest BCUT2D eigenvalue weighted by Crippen LogP contribution is -2.35. The Hall–Kier alpha value is -1.35. The molecule has 1 atom stereocenters. The second-order valence-corrected chi connectivity index (χ2v) is 6.69. The summed E-state index contributed by atoms with van der Waals surface area (Å²) < 4.78 is 0. The summed E-state index contributed by atoms with van der Waals surface area (Å²) >= 11 is 0. The summed E-state index contributed by atoms with van der Waals surface area (Å²) in [7, 11) is 0. The third-order valence-electron chi connectivity index (χ3n) is 5.08. The van der Waals surface area contributed by atoms with E-state index in [9.17, 15) is 4.79 Å². The van der Waals surface area contributed by atoms with Crippen molar-refractivity contribution in [1.82, 2.24) is 10.2 Å². The van der Waals surface area contributed by atoms with Crippen LogP contribution < -0.4 is 5.32 Å². The molecule has 2 aliphatic rings. The van der Waals surface area contributed by atoms with Crippen molar-refractivity contribution in [3.8, 4) is 0 Å². The third kappa shape index (κ3) is 3.89. The van der Waals surface area contributed by atoms with Gasteiger partial charge in [-0.05, 0) is 69.3 Å². The van der Waals surface area contributed by atoms with Crippen molar-refractivity contribution in [3.05, 3.63) is 35.4 Å². The van der Waals surface area contributed by atoms with Crippen molar-refractivity contribution in [2.75, 3.05) is 26.2 Å². The highest BCUT2D eigenvalue weighted by Crippen LogP contribution is 2.31. The zero-order valence-corrected chi connectivity index (χ0v) is 13.5. The van der Waals surface area contributed by atoms with E-state index in [1.54, 1.807) is 0 Å². The molecular formula is C19H28N2O. The molecule has 3 nitrogen and oxygen atoms in total. The quantitative estimate of drug-likeness (QED) is 0.848. The lowest BCUT2D eigenvalue weighted by molar-refractivity contribution is -0.122. The van der Waals surface area contributed by atoms with Gasteiger partial charge in [-0.25, -0.2) is 0 Å². The molecule has 0 spiro atoms. The van der Waals surface area contributed by atoms with Gasteiger partial charge >= 0.3 is 0 Å². The SMILES string of the molecule is O=C(NCCCN1CCCCC1)C1CCCc2ccccc21. The van der Waals surface area contributed by atoms with Crippen LogP contribution in [0.5, 0.6) is 0 Å².